The van der Waals surface area contributed by atoms with Crippen molar-refractivity contribution in [2.75, 3.05) is 32.7 Å². The summed E-state index contributed by atoms with van der Waals surface area (Å²) in [7, 11) is 0. The van der Waals surface area contributed by atoms with Gasteiger partial charge in [0.15, 0.2) is 0 Å². The minimum Gasteiger partial charge on any atom is -0.341 e. The van der Waals surface area contributed by atoms with Crippen molar-refractivity contribution in [1.29, 1.82) is 0 Å². The van der Waals surface area contributed by atoms with E-state index in [2.05, 4.69) is 10.4 Å². The quantitative estimate of drug-likeness (QED) is 0.849. The third-order valence-corrected chi connectivity index (χ3v) is 5.54. The summed E-state index contributed by atoms with van der Waals surface area (Å²) in [4.78, 5) is 29.8. The Morgan fingerprint density at radius 3 is 2.67 bits per heavy atom. The van der Waals surface area contributed by atoms with E-state index in [-0.39, 0.29) is 23.3 Å². The maximum absolute atomic E-state index is 13.2. The Balaban J connectivity index is 1.49. The van der Waals surface area contributed by atoms with Gasteiger partial charge in [-0.3, -0.25) is 14.3 Å². The number of carbonyl (C=O) groups is 2. The Morgan fingerprint density at radius 2 is 2.00 bits per heavy atom. The van der Waals surface area contributed by atoms with Gasteiger partial charge in [-0.2, -0.15) is 5.10 Å². The predicted octanol–water partition coefficient (Wildman–Crippen LogP) is 0.0861. The molecule has 4 rings (SSSR count). The summed E-state index contributed by atoms with van der Waals surface area (Å²) in [5, 5.41) is 7.53. The lowest BCUT2D eigenvalue weighted by Gasteiger charge is -2.39. The van der Waals surface area contributed by atoms with Crippen molar-refractivity contribution >= 4 is 11.8 Å². The highest BCUT2D eigenvalue weighted by molar-refractivity contribution is 5.92. The van der Waals surface area contributed by atoms with E-state index in [0.717, 1.165) is 45.3 Å². The van der Waals surface area contributed by atoms with E-state index < -0.39 is 0 Å². The summed E-state index contributed by atoms with van der Waals surface area (Å²) in [6, 6.07) is 1.53. The molecule has 3 heterocycles. The molecule has 1 N–H and O–H groups in total. The van der Waals surface area contributed by atoms with Crippen molar-refractivity contribution in [1.82, 2.24) is 24.9 Å². The Labute approximate surface area is 142 Å². The Morgan fingerprint density at radius 1 is 1.21 bits per heavy atom. The van der Waals surface area contributed by atoms with Crippen LogP contribution in [0.4, 0.5) is 0 Å². The molecule has 0 bridgehead atoms. The van der Waals surface area contributed by atoms with Gasteiger partial charge in [0.25, 0.3) is 0 Å². The first-order valence-corrected chi connectivity index (χ1v) is 8.98. The first kappa shape index (κ1) is 15.6. The first-order valence-electron chi connectivity index (χ1n) is 8.98. The second kappa shape index (κ2) is 6.20. The van der Waals surface area contributed by atoms with Crippen LogP contribution in [-0.2, 0) is 16.1 Å². The van der Waals surface area contributed by atoms with Gasteiger partial charge in [-0.25, -0.2) is 0 Å². The molecule has 0 spiro atoms. The van der Waals surface area contributed by atoms with Gasteiger partial charge in [0.05, 0.1) is 12.0 Å². The molecule has 7 heteroatoms. The number of likely N-dealkylation sites (tertiary alicyclic amines) is 1. The number of piperazine rings is 1. The molecule has 0 radical (unpaired) electrons. The Kier molecular flexibility index (Phi) is 4.04. The van der Waals surface area contributed by atoms with Crippen LogP contribution in [0.25, 0.3) is 0 Å². The van der Waals surface area contributed by atoms with Crippen molar-refractivity contribution in [2.24, 2.45) is 5.41 Å². The molecule has 130 valence electrons. The van der Waals surface area contributed by atoms with Crippen LogP contribution in [-0.4, -0.2) is 70.2 Å². The lowest BCUT2D eigenvalue weighted by Crippen LogP contribution is -2.61. The van der Waals surface area contributed by atoms with Gasteiger partial charge in [-0.05, 0) is 31.7 Å². The van der Waals surface area contributed by atoms with Crippen molar-refractivity contribution in [3.63, 3.8) is 0 Å². The first-order chi connectivity index (χ1) is 11.7. The van der Waals surface area contributed by atoms with Crippen molar-refractivity contribution in [3.8, 4) is 0 Å². The summed E-state index contributed by atoms with van der Waals surface area (Å²) >= 11 is 0. The summed E-state index contributed by atoms with van der Waals surface area (Å²) in [5.41, 5.74) is -0.354. The molecule has 1 aliphatic carbocycles. The normalized spacial score (nSPS) is 25.8. The number of rotatable bonds is 4. The molecular formula is C17H25N5O2. The molecule has 1 aromatic heterocycles. The third-order valence-electron chi connectivity index (χ3n) is 5.54. The monoisotopic (exact) mass is 331 g/mol. The van der Waals surface area contributed by atoms with E-state index in [0.29, 0.717) is 19.6 Å². The molecule has 7 nitrogen and oxygen atoms in total. The molecule has 1 atom stereocenters. The molecule has 2 aliphatic heterocycles. The number of amides is 2. The average molecular weight is 331 g/mol. The molecule has 3 fully saturated rings. The Bertz CT molecular complexity index is 605. The Hall–Kier alpha value is -1.89. The van der Waals surface area contributed by atoms with Crippen LogP contribution >= 0.6 is 0 Å². The number of hydrogen-bond acceptors (Lipinski definition) is 4. The molecule has 1 aromatic rings. The van der Waals surface area contributed by atoms with Crippen LogP contribution in [0.3, 0.4) is 0 Å². The van der Waals surface area contributed by atoms with Gasteiger partial charge in [0, 0.05) is 45.1 Å². The molecule has 24 heavy (non-hydrogen) atoms. The number of nitrogens with one attached hydrogen (secondary N) is 1. The van der Waals surface area contributed by atoms with Crippen LogP contribution in [0.2, 0.25) is 0 Å². The summed E-state index contributed by atoms with van der Waals surface area (Å²) < 4.78 is 1.84. The summed E-state index contributed by atoms with van der Waals surface area (Å²) in [5.74, 6) is 0.250. The second-order valence-corrected chi connectivity index (χ2v) is 7.23. The minimum absolute atomic E-state index is 0.114. The van der Waals surface area contributed by atoms with E-state index >= 15 is 0 Å². The topological polar surface area (TPSA) is 70.5 Å². The summed E-state index contributed by atoms with van der Waals surface area (Å²) in [6.45, 7) is 4.22. The molecular weight excluding hydrogens is 306 g/mol. The minimum atomic E-state index is -0.354. The van der Waals surface area contributed by atoms with Crippen LogP contribution in [0.5, 0.6) is 0 Å². The number of carbonyl (C=O) groups excluding carboxylic acids is 2. The number of hydrogen-bond donors (Lipinski definition) is 1. The highest BCUT2D eigenvalue weighted by atomic mass is 16.2. The number of aromatic nitrogens is 2. The molecule has 2 saturated heterocycles. The molecule has 1 unspecified atom stereocenters. The van der Waals surface area contributed by atoms with Crippen molar-refractivity contribution in [3.05, 3.63) is 18.5 Å². The zero-order valence-corrected chi connectivity index (χ0v) is 14.0. The van der Waals surface area contributed by atoms with Gasteiger partial charge in [0.1, 0.15) is 6.04 Å². The zero-order valence-electron chi connectivity index (χ0n) is 14.0. The van der Waals surface area contributed by atoms with Crippen LogP contribution in [0.1, 0.15) is 25.7 Å². The van der Waals surface area contributed by atoms with Gasteiger partial charge in [-0.15, -0.1) is 0 Å². The van der Waals surface area contributed by atoms with E-state index in [1.165, 1.54) is 0 Å². The fourth-order valence-corrected chi connectivity index (χ4v) is 3.92. The lowest BCUT2D eigenvalue weighted by molar-refractivity contribution is -0.150. The molecule has 1 saturated carbocycles. The van der Waals surface area contributed by atoms with E-state index in [1.54, 1.807) is 6.20 Å². The average Bonchev–Trinajstić information content (AvgIpc) is 3.03. The molecule has 2 amide bonds. The van der Waals surface area contributed by atoms with Gasteiger partial charge >= 0.3 is 0 Å². The van der Waals surface area contributed by atoms with Crippen LogP contribution < -0.4 is 5.32 Å². The standard InChI is InChI=1S/C17H25N5O2/c23-15(20-8-1-2-9-20)14-12-18-7-11-22(14)16(24)17(4-5-17)13-21-10-3-6-19-21/h3,6,10,14,18H,1-2,4-5,7-9,11-13H2. The SMILES string of the molecule is O=C(C1CNCCN1C(=O)C1(Cn2cccn2)CC1)N1CCCC1. The highest BCUT2D eigenvalue weighted by Gasteiger charge is 2.54. The largest absolute Gasteiger partial charge is 0.341 e. The highest BCUT2D eigenvalue weighted by Crippen LogP contribution is 2.49. The lowest BCUT2D eigenvalue weighted by atomic mass is 10.0. The zero-order chi connectivity index (χ0) is 16.6. The third kappa shape index (κ3) is 2.81. The van der Waals surface area contributed by atoms with E-state index in [4.69, 9.17) is 0 Å². The fraction of sp³-hybridized carbons (Fsp3) is 0.706. The van der Waals surface area contributed by atoms with Crippen LogP contribution in [0.15, 0.2) is 18.5 Å². The molecule has 0 aromatic carbocycles. The second-order valence-electron chi connectivity index (χ2n) is 7.23. The fourth-order valence-electron chi connectivity index (χ4n) is 3.92. The van der Waals surface area contributed by atoms with Crippen LogP contribution in [0, 0.1) is 5.41 Å². The van der Waals surface area contributed by atoms with Gasteiger partial charge in [0.2, 0.25) is 11.8 Å². The number of nitrogens with zero attached hydrogens (tertiary/aromatic N) is 4. The van der Waals surface area contributed by atoms with E-state index in [9.17, 15) is 9.59 Å². The van der Waals surface area contributed by atoms with Crippen molar-refractivity contribution in [2.45, 2.75) is 38.3 Å². The maximum Gasteiger partial charge on any atom is 0.246 e. The molecule has 3 aliphatic rings. The van der Waals surface area contributed by atoms with Gasteiger partial charge < -0.3 is 15.1 Å². The smallest absolute Gasteiger partial charge is 0.246 e. The van der Waals surface area contributed by atoms with Crippen molar-refractivity contribution < 1.29 is 9.59 Å². The maximum atomic E-state index is 13.2. The predicted molar refractivity (Wildman–Crippen MR) is 88.1 cm³/mol. The van der Waals surface area contributed by atoms with E-state index in [1.807, 2.05) is 26.7 Å². The van der Waals surface area contributed by atoms with Gasteiger partial charge in [-0.1, -0.05) is 0 Å². The summed E-state index contributed by atoms with van der Waals surface area (Å²) in [6.07, 6.45) is 7.57.